The summed E-state index contributed by atoms with van der Waals surface area (Å²) < 4.78 is 10.7. The zero-order valence-corrected chi connectivity index (χ0v) is 9.41. The van der Waals surface area contributed by atoms with Crippen LogP contribution in [0.25, 0.3) is 0 Å². The fourth-order valence-corrected chi connectivity index (χ4v) is 2.83. The summed E-state index contributed by atoms with van der Waals surface area (Å²) in [5.74, 6) is 0.449. The Kier molecular flexibility index (Phi) is 2.98. The fourth-order valence-electron chi connectivity index (χ4n) is 2.83. The Labute approximate surface area is 90.3 Å². The SMILES string of the molecule is COC(C)C1CC(=O)NC12CCOCC2. The second-order valence-corrected chi connectivity index (χ2v) is 4.57. The van der Waals surface area contributed by atoms with Crippen LogP contribution in [0.4, 0.5) is 0 Å². The van der Waals surface area contributed by atoms with Crippen molar-refractivity contribution in [2.75, 3.05) is 20.3 Å². The lowest BCUT2D eigenvalue weighted by Crippen LogP contribution is -2.52. The first kappa shape index (κ1) is 10.9. The van der Waals surface area contributed by atoms with Crippen LogP contribution in [0.15, 0.2) is 0 Å². The number of rotatable bonds is 2. The molecule has 0 aromatic carbocycles. The lowest BCUT2D eigenvalue weighted by atomic mass is 9.76. The van der Waals surface area contributed by atoms with E-state index in [4.69, 9.17) is 9.47 Å². The molecule has 2 unspecified atom stereocenters. The zero-order valence-electron chi connectivity index (χ0n) is 9.41. The van der Waals surface area contributed by atoms with Gasteiger partial charge in [-0.3, -0.25) is 4.79 Å². The van der Waals surface area contributed by atoms with Crippen LogP contribution >= 0.6 is 0 Å². The molecule has 2 saturated heterocycles. The molecule has 0 aromatic heterocycles. The molecule has 2 rings (SSSR count). The van der Waals surface area contributed by atoms with Crippen LogP contribution in [0.3, 0.4) is 0 Å². The highest BCUT2D eigenvalue weighted by atomic mass is 16.5. The van der Waals surface area contributed by atoms with Crippen molar-refractivity contribution >= 4 is 5.91 Å². The van der Waals surface area contributed by atoms with E-state index >= 15 is 0 Å². The van der Waals surface area contributed by atoms with Crippen LogP contribution < -0.4 is 5.32 Å². The van der Waals surface area contributed by atoms with Gasteiger partial charge >= 0.3 is 0 Å². The third kappa shape index (κ3) is 1.88. The summed E-state index contributed by atoms with van der Waals surface area (Å²) in [7, 11) is 1.71. The van der Waals surface area contributed by atoms with Gasteiger partial charge in [0.25, 0.3) is 0 Å². The normalized spacial score (nSPS) is 31.6. The number of methoxy groups -OCH3 is 1. The number of carbonyl (C=O) groups excluding carboxylic acids is 1. The number of ether oxygens (including phenoxy) is 2. The van der Waals surface area contributed by atoms with Crippen LogP contribution in [0.1, 0.15) is 26.2 Å². The highest BCUT2D eigenvalue weighted by Crippen LogP contribution is 2.38. The number of hydrogen-bond acceptors (Lipinski definition) is 3. The molecule has 2 heterocycles. The quantitative estimate of drug-likeness (QED) is 0.734. The van der Waals surface area contributed by atoms with E-state index in [-0.39, 0.29) is 17.6 Å². The van der Waals surface area contributed by atoms with E-state index < -0.39 is 0 Å². The molecule has 0 radical (unpaired) electrons. The summed E-state index contributed by atoms with van der Waals surface area (Å²) in [4.78, 5) is 11.5. The molecule has 2 fully saturated rings. The van der Waals surface area contributed by atoms with E-state index in [2.05, 4.69) is 5.32 Å². The van der Waals surface area contributed by atoms with Gasteiger partial charge in [-0.05, 0) is 19.8 Å². The zero-order chi connectivity index (χ0) is 10.9. The maximum Gasteiger partial charge on any atom is 0.220 e. The molecule has 4 heteroatoms. The second-order valence-electron chi connectivity index (χ2n) is 4.57. The third-order valence-electron chi connectivity index (χ3n) is 3.83. The van der Waals surface area contributed by atoms with Gasteiger partial charge in [0.1, 0.15) is 0 Å². The highest BCUT2D eigenvalue weighted by Gasteiger charge is 2.49. The lowest BCUT2D eigenvalue weighted by molar-refractivity contribution is -0.120. The molecule has 86 valence electrons. The minimum Gasteiger partial charge on any atom is -0.381 e. The smallest absolute Gasteiger partial charge is 0.220 e. The molecule has 15 heavy (non-hydrogen) atoms. The van der Waals surface area contributed by atoms with Crippen molar-refractivity contribution in [2.24, 2.45) is 5.92 Å². The van der Waals surface area contributed by atoms with Crippen molar-refractivity contribution in [2.45, 2.75) is 37.8 Å². The first-order valence-electron chi connectivity index (χ1n) is 5.59. The Morgan fingerprint density at radius 2 is 2.20 bits per heavy atom. The van der Waals surface area contributed by atoms with Crippen LogP contribution in [-0.2, 0) is 14.3 Å². The molecule has 1 amide bonds. The number of carbonyl (C=O) groups is 1. The van der Waals surface area contributed by atoms with Crippen LogP contribution in [0.2, 0.25) is 0 Å². The maximum absolute atomic E-state index is 11.5. The van der Waals surface area contributed by atoms with Gasteiger partial charge in [-0.2, -0.15) is 0 Å². The van der Waals surface area contributed by atoms with E-state index in [1.54, 1.807) is 7.11 Å². The van der Waals surface area contributed by atoms with Crippen molar-refractivity contribution in [1.82, 2.24) is 5.32 Å². The summed E-state index contributed by atoms with van der Waals surface area (Å²) >= 11 is 0. The van der Waals surface area contributed by atoms with E-state index in [0.717, 1.165) is 26.1 Å². The highest BCUT2D eigenvalue weighted by molar-refractivity contribution is 5.80. The Morgan fingerprint density at radius 3 is 2.80 bits per heavy atom. The van der Waals surface area contributed by atoms with Crippen molar-refractivity contribution in [3.63, 3.8) is 0 Å². The third-order valence-corrected chi connectivity index (χ3v) is 3.83. The minimum absolute atomic E-state index is 0.0647. The lowest BCUT2D eigenvalue weighted by Gasteiger charge is -2.40. The van der Waals surface area contributed by atoms with Gasteiger partial charge in [0, 0.05) is 32.7 Å². The first-order chi connectivity index (χ1) is 7.18. The Bertz CT molecular complexity index is 248. The summed E-state index contributed by atoms with van der Waals surface area (Å²) in [5, 5.41) is 3.14. The predicted octanol–water partition coefficient (Wildman–Crippen LogP) is 0.707. The second kappa shape index (κ2) is 4.10. The summed E-state index contributed by atoms with van der Waals surface area (Å²) in [6, 6.07) is 0. The van der Waals surface area contributed by atoms with Crippen LogP contribution in [-0.4, -0.2) is 37.9 Å². The van der Waals surface area contributed by atoms with Crippen molar-refractivity contribution in [3.05, 3.63) is 0 Å². The van der Waals surface area contributed by atoms with Crippen LogP contribution in [0, 0.1) is 5.92 Å². The van der Waals surface area contributed by atoms with Gasteiger partial charge in [-0.25, -0.2) is 0 Å². The number of amides is 1. The van der Waals surface area contributed by atoms with Gasteiger partial charge in [0.2, 0.25) is 5.91 Å². The minimum atomic E-state index is -0.0647. The molecule has 0 aliphatic carbocycles. The average molecular weight is 213 g/mol. The Hall–Kier alpha value is -0.610. The molecule has 2 atom stereocenters. The molecular formula is C11H19NO3. The van der Waals surface area contributed by atoms with E-state index in [9.17, 15) is 4.79 Å². The largest absolute Gasteiger partial charge is 0.381 e. The number of hydrogen-bond donors (Lipinski definition) is 1. The van der Waals surface area contributed by atoms with E-state index in [1.165, 1.54) is 0 Å². The average Bonchev–Trinajstić information content (AvgIpc) is 2.55. The Morgan fingerprint density at radius 1 is 1.53 bits per heavy atom. The summed E-state index contributed by atoms with van der Waals surface area (Å²) in [6.07, 6.45) is 2.55. The standard InChI is InChI=1S/C11H19NO3/c1-8(14-2)9-7-10(13)12-11(9)3-5-15-6-4-11/h8-9H,3-7H2,1-2H3,(H,12,13). The molecule has 2 aliphatic heterocycles. The first-order valence-corrected chi connectivity index (χ1v) is 5.59. The monoisotopic (exact) mass is 213 g/mol. The van der Waals surface area contributed by atoms with Crippen LogP contribution in [0.5, 0.6) is 0 Å². The van der Waals surface area contributed by atoms with Gasteiger partial charge in [-0.15, -0.1) is 0 Å². The molecule has 1 spiro atoms. The van der Waals surface area contributed by atoms with Gasteiger partial charge in [0.15, 0.2) is 0 Å². The number of nitrogens with one attached hydrogen (secondary N) is 1. The predicted molar refractivity (Wildman–Crippen MR) is 55.5 cm³/mol. The van der Waals surface area contributed by atoms with Gasteiger partial charge in [0.05, 0.1) is 11.6 Å². The molecular weight excluding hydrogens is 194 g/mol. The molecule has 0 bridgehead atoms. The fraction of sp³-hybridized carbons (Fsp3) is 0.909. The van der Waals surface area contributed by atoms with E-state index in [1.807, 2.05) is 6.92 Å². The maximum atomic E-state index is 11.5. The molecule has 2 aliphatic rings. The summed E-state index contributed by atoms with van der Waals surface area (Å²) in [5.41, 5.74) is -0.0647. The van der Waals surface area contributed by atoms with Gasteiger partial charge in [-0.1, -0.05) is 0 Å². The topological polar surface area (TPSA) is 47.6 Å². The van der Waals surface area contributed by atoms with Gasteiger partial charge < -0.3 is 14.8 Å². The summed E-state index contributed by atoms with van der Waals surface area (Å²) in [6.45, 7) is 3.53. The molecule has 1 N–H and O–H groups in total. The molecule has 0 aromatic rings. The van der Waals surface area contributed by atoms with E-state index in [0.29, 0.717) is 12.3 Å². The van der Waals surface area contributed by atoms with Crippen molar-refractivity contribution in [3.8, 4) is 0 Å². The van der Waals surface area contributed by atoms with Crippen molar-refractivity contribution in [1.29, 1.82) is 0 Å². The molecule has 0 saturated carbocycles. The Balaban J connectivity index is 2.16. The van der Waals surface area contributed by atoms with Crippen molar-refractivity contribution < 1.29 is 14.3 Å². The molecule has 4 nitrogen and oxygen atoms in total.